The first-order valence-electron chi connectivity index (χ1n) is 5.73. The fourth-order valence-electron chi connectivity index (χ4n) is 1.32. The molecule has 7 nitrogen and oxygen atoms in total. The van der Waals surface area contributed by atoms with Gasteiger partial charge in [-0.1, -0.05) is 13.8 Å². The van der Waals surface area contributed by atoms with Crippen LogP contribution in [0, 0.1) is 10.1 Å². The molecular formula is C12H14BrN3O4. The Bertz CT molecular complexity index is 525. The average Bonchev–Trinajstić information content (AvgIpc) is 2.41. The molecule has 8 heteroatoms. The molecule has 0 radical (unpaired) electrons. The van der Waals surface area contributed by atoms with Crippen LogP contribution in [0.3, 0.4) is 0 Å². The van der Waals surface area contributed by atoms with Gasteiger partial charge < -0.3 is 5.32 Å². The summed E-state index contributed by atoms with van der Waals surface area (Å²) < 4.78 is 0.897. The molecule has 0 bridgehead atoms. The second-order valence-electron chi connectivity index (χ2n) is 3.49. The van der Waals surface area contributed by atoms with Crippen molar-refractivity contribution in [3.8, 4) is 0 Å². The first-order valence-corrected chi connectivity index (χ1v) is 6.53. The van der Waals surface area contributed by atoms with E-state index in [2.05, 4.69) is 26.2 Å². The molecule has 0 saturated heterocycles. The van der Waals surface area contributed by atoms with Crippen molar-refractivity contribution in [2.45, 2.75) is 26.7 Å². The van der Waals surface area contributed by atoms with Crippen LogP contribution >= 0.6 is 15.9 Å². The quantitative estimate of drug-likeness (QED) is 0.651. The molecule has 20 heavy (non-hydrogen) atoms. The van der Waals surface area contributed by atoms with Gasteiger partial charge in [-0.05, 0) is 34.0 Å². The second-order valence-corrected chi connectivity index (χ2v) is 4.40. The number of pyridine rings is 1. The van der Waals surface area contributed by atoms with E-state index < -0.39 is 4.92 Å². The van der Waals surface area contributed by atoms with Crippen LogP contribution in [0.2, 0.25) is 0 Å². The molecule has 0 fully saturated rings. The Labute approximate surface area is 124 Å². The number of allylic oxidation sites excluding steroid dienone is 1. The van der Waals surface area contributed by atoms with Gasteiger partial charge in [0.25, 0.3) is 5.70 Å². The molecule has 0 amide bonds. The Morgan fingerprint density at radius 1 is 1.55 bits per heavy atom. The van der Waals surface area contributed by atoms with Crippen LogP contribution in [0.15, 0.2) is 28.6 Å². The smallest absolute Gasteiger partial charge is 0.341 e. The zero-order valence-corrected chi connectivity index (χ0v) is 12.6. The summed E-state index contributed by atoms with van der Waals surface area (Å²) in [7, 11) is 0. The average molecular weight is 344 g/mol. The lowest BCUT2D eigenvalue weighted by Gasteiger charge is -2.06. The molecule has 0 aliphatic rings. The van der Waals surface area contributed by atoms with Crippen LogP contribution in [-0.2, 0) is 16.0 Å². The lowest BCUT2D eigenvalue weighted by Crippen LogP contribution is -2.03. The Kier molecular flexibility index (Phi) is 8.82. The minimum absolute atomic E-state index is 0.136. The standard InChI is InChI=1S/C11H14BrN3O2.CO2/c1-3-8-5-9(12)6-13-11(8)14-7-10(4-2)15(16)17;2-1-3/h5-7H,3-4H2,1-2H3,(H,13,14);. The minimum Gasteiger partial charge on any atom is -0.341 e. The van der Waals surface area contributed by atoms with Crippen molar-refractivity contribution in [3.05, 3.63) is 44.3 Å². The summed E-state index contributed by atoms with van der Waals surface area (Å²) in [5.74, 6) is 0.656. The molecule has 1 aromatic heterocycles. The predicted molar refractivity (Wildman–Crippen MR) is 75.3 cm³/mol. The van der Waals surface area contributed by atoms with Gasteiger partial charge in [0.15, 0.2) is 0 Å². The second kappa shape index (κ2) is 9.82. The molecule has 0 saturated carbocycles. The van der Waals surface area contributed by atoms with Crippen LogP contribution < -0.4 is 5.32 Å². The highest BCUT2D eigenvalue weighted by Crippen LogP contribution is 2.18. The van der Waals surface area contributed by atoms with Crippen molar-refractivity contribution in [1.29, 1.82) is 0 Å². The van der Waals surface area contributed by atoms with E-state index in [0.717, 1.165) is 16.5 Å². The highest BCUT2D eigenvalue weighted by molar-refractivity contribution is 9.10. The number of nitrogens with one attached hydrogen (secondary N) is 1. The number of aromatic nitrogens is 1. The van der Waals surface area contributed by atoms with Crippen LogP contribution in [0.25, 0.3) is 0 Å². The number of nitro groups is 1. The molecule has 108 valence electrons. The number of nitrogens with zero attached hydrogens (tertiary/aromatic N) is 2. The summed E-state index contributed by atoms with van der Waals surface area (Å²) in [6.07, 6.45) is 4.49. The van der Waals surface area contributed by atoms with E-state index in [-0.39, 0.29) is 11.8 Å². The maximum Gasteiger partial charge on any atom is 0.373 e. The third-order valence-corrected chi connectivity index (χ3v) is 2.72. The maximum atomic E-state index is 10.6. The molecule has 1 heterocycles. The maximum absolute atomic E-state index is 10.6. The lowest BCUT2D eigenvalue weighted by atomic mass is 10.2. The number of halogens is 1. The van der Waals surface area contributed by atoms with Crippen LogP contribution in [-0.4, -0.2) is 16.1 Å². The Morgan fingerprint density at radius 3 is 2.60 bits per heavy atom. The van der Waals surface area contributed by atoms with Crippen LogP contribution in [0.4, 0.5) is 5.82 Å². The van der Waals surface area contributed by atoms with Gasteiger partial charge in [-0.15, -0.1) is 0 Å². The van der Waals surface area contributed by atoms with Gasteiger partial charge in [0.1, 0.15) is 5.82 Å². The summed E-state index contributed by atoms with van der Waals surface area (Å²) in [5, 5.41) is 13.5. The van der Waals surface area contributed by atoms with Crippen molar-refractivity contribution in [3.63, 3.8) is 0 Å². The molecule has 0 aliphatic carbocycles. The Hall–Kier alpha value is -2.05. The van der Waals surface area contributed by atoms with Crippen LogP contribution in [0.1, 0.15) is 25.8 Å². The number of rotatable bonds is 5. The number of carbonyl (C=O) groups excluding carboxylic acids is 2. The van der Waals surface area contributed by atoms with E-state index in [0.29, 0.717) is 12.2 Å². The fourth-order valence-corrected chi connectivity index (χ4v) is 1.69. The van der Waals surface area contributed by atoms with Crippen molar-refractivity contribution in [1.82, 2.24) is 4.98 Å². The Morgan fingerprint density at radius 2 is 2.15 bits per heavy atom. The highest BCUT2D eigenvalue weighted by Gasteiger charge is 2.08. The first-order chi connectivity index (χ1) is 9.49. The van der Waals surface area contributed by atoms with Gasteiger partial charge in [-0.3, -0.25) is 10.1 Å². The molecular weight excluding hydrogens is 330 g/mol. The van der Waals surface area contributed by atoms with Crippen LogP contribution in [0.5, 0.6) is 0 Å². The lowest BCUT2D eigenvalue weighted by molar-refractivity contribution is -0.427. The topological polar surface area (TPSA) is 102 Å². The van der Waals surface area contributed by atoms with Gasteiger partial charge in [0.2, 0.25) is 0 Å². The molecule has 1 rings (SSSR count). The van der Waals surface area contributed by atoms with E-state index >= 15 is 0 Å². The normalized spacial score (nSPS) is 10.1. The van der Waals surface area contributed by atoms with Gasteiger partial charge in [-0.25, -0.2) is 4.98 Å². The SMILES string of the molecule is CCC(=CNc1ncc(Br)cc1CC)[N+](=O)[O-].O=C=O. The molecule has 0 aromatic carbocycles. The molecule has 0 spiro atoms. The fraction of sp³-hybridized carbons (Fsp3) is 0.333. The van der Waals surface area contributed by atoms with Gasteiger partial charge >= 0.3 is 6.15 Å². The Balaban J connectivity index is 0.00000110. The van der Waals surface area contributed by atoms with E-state index in [9.17, 15) is 10.1 Å². The molecule has 1 N–H and O–H groups in total. The van der Waals surface area contributed by atoms with Crippen molar-refractivity contribution < 1.29 is 14.5 Å². The number of hydrogen-bond donors (Lipinski definition) is 1. The molecule has 0 aliphatic heterocycles. The zero-order valence-electron chi connectivity index (χ0n) is 11.1. The number of hydrogen-bond acceptors (Lipinski definition) is 6. The molecule has 1 aromatic rings. The third-order valence-electron chi connectivity index (χ3n) is 2.29. The summed E-state index contributed by atoms with van der Waals surface area (Å²) in [6.45, 7) is 3.75. The molecule has 0 atom stereocenters. The summed E-state index contributed by atoms with van der Waals surface area (Å²) >= 11 is 3.34. The third kappa shape index (κ3) is 6.21. The van der Waals surface area contributed by atoms with Crippen molar-refractivity contribution in [2.75, 3.05) is 5.32 Å². The summed E-state index contributed by atoms with van der Waals surface area (Å²) in [6, 6.07) is 1.95. The summed E-state index contributed by atoms with van der Waals surface area (Å²) in [4.78, 5) is 30.7. The first kappa shape index (κ1) is 17.9. The van der Waals surface area contributed by atoms with Gasteiger partial charge in [0.05, 0.1) is 11.1 Å². The minimum atomic E-state index is -0.391. The van der Waals surface area contributed by atoms with Crippen molar-refractivity contribution >= 4 is 27.9 Å². The number of anilines is 1. The highest BCUT2D eigenvalue weighted by atomic mass is 79.9. The van der Waals surface area contributed by atoms with E-state index in [1.54, 1.807) is 13.1 Å². The molecule has 0 unspecified atom stereocenters. The summed E-state index contributed by atoms with van der Waals surface area (Å²) in [5.41, 5.74) is 1.14. The monoisotopic (exact) mass is 343 g/mol. The van der Waals surface area contributed by atoms with E-state index in [4.69, 9.17) is 9.59 Å². The van der Waals surface area contributed by atoms with E-state index in [1.807, 2.05) is 13.0 Å². The zero-order chi connectivity index (χ0) is 15.5. The largest absolute Gasteiger partial charge is 0.373 e. The predicted octanol–water partition coefficient (Wildman–Crippen LogP) is 2.76. The van der Waals surface area contributed by atoms with E-state index in [1.165, 1.54) is 6.20 Å². The van der Waals surface area contributed by atoms with Gasteiger partial charge in [0, 0.05) is 17.1 Å². The van der Waals surface area contributed by atoms with Crippen molar-refractivity contribution in [2.24, 2.45) is 0 Å². The van der Waals surface area contributed by atoms with Gasteiger partial charge in [-0.2, -0.15) is 9.59 Å². The number of aryl methyl sites for hydroxylation is 1.